The second-order valence-corrected chi connectivity index (χ2v) is 9.74. The van der Waals surface area contributed by atoms with Crippen LogP contribution in [0.4, 0.5) is 4.39 Å². The molecule has 0 saturated heterocycles. The third-order valence-electron chi connectivity index (χ3n) is 5.44. The lowest BCUT2D eigenvalue weighted by Crippen LogP contribution is -2.36. The molecule has 0 aliphatic heterocycles. The Morgan fingerprint density at radius 1 is 1.00 bits per heavy atom. The molecule has 0 spiro atoms. The van der Waals surface area contributed by atoms with Gasteiger partial charge in [-0.3, -0.25) is 4.98 Å². The Labute approximate surface area is 187 Å². The molecule has 0 amide bonds. The Hall–Kier alpha value is -3.07. The molecule has 0 fully saturated rings. The smallest absolute Gasteiger partial charge is 0.278 e. The van der Waals surface area contributed by atoms with Crippen LogP contribution >= 0.6 is 0 Å². The van der Waals surface area contributed by atoms with Crippen LogP contribution in [0.5, 0.6) is 0 Å². The first-order valence-corrected chi connectivity index (χ1v) is 11.7. The molecule has 166 valence electrons. The molecular formula is C24H25FN4O2S. The number of benzene rings is 2. The molecule has 1 N–H and O–H groups in total. The van der Waals surface area contributed by atoms with E-state index in [1.807, 2.05) is 41.1 Å². The first-order valence-electron chi connectivity index (χ1n) is 10.3. The second kappa shape index (κ2) is 9.20. The number of nitrogens with one attached hydrogen (secondary N) is 1. The summed E-state index contributed by atoms with van der Waals surface area (Å²) in [6, 6.07) is 16.8. The Bertz CT molecular complexity index is 1330. The number of pyridine rings is 1. The third-order valence-corrected chi connectivity index (χ3v) is 6.97. The Balaban J connectivity index is 1.71. The second-order valence-electron chi connectivity index (χ2n) is 7.77. The van der Waals surface area contributed by atoms with E-state index in [0.29, 0.717) is 18.5 Å². The summed E-state index contributed by atoms with van der Waals surface area (Å²) in [5, 5.41) is 1.02. The number of fused-ring (bicyclic) bond motifs is 1. The van der Waals surface area contributed by atoms with Crippen LogP contribution in [0.15, 0.2) is 73.2 Å². The van der Waals surface area contributed by atoms with Gasteiger partial charge in [-0.05, 0) is 47.4 Å². The molecule has 2 aromatic carbocycles. The van der Waals surface area contributed by atoms with Crippen molar-refractivity contribution in [2.75, 3.05) is 20.6 Å². The molecule has 0 aliphatic rings. The number of rotatable bonds is 8. The number of hydrogen-bond donors (Lipinski definition) is 1. The van der Waals surface area contributed by atoms with Gasteiger partial charge in [0, 0.05) is 55.7 Å². The van der Waals surface area contributed by atoms with E-state index in [9.17, 15) is 12.8 Å². The normalized spacial score (nSPS) is 12.0. The molecule has 0 unspecified atom stereocenters. The topological polar surface area (TPSA) is 67.2 Å². The Morgan fingerprint density at radius 3 is 2.47 bits per heavy atom. The molecule has 2 aromatic heterocycles. The highest BCUT2D eigenvalue weighted by molar-refractivity contribution is 7.87. The van der Waals surface area contributed by atoms with E-state index in [-0.39, 0.29) is 12.4 Å². The molecule has 0 bridgehead atoms. The van der Waals surface area contributed by atoms with Crippen molar-refractivity contribution in [3.8, 4) is 11.1 Å². The minimum absolute atomic E-state index is 0.250. The summed E-state index contributed by atoms with van der Waals surface area (Å²) >= 11 is 0. The zero-order valence-electron chi connectivity index (χ0n) is 18.0. The standard InChI is InChI=1S/C24H25FN4O2S/c1-28(2)32(30,31)27-14-11-20-16-29(17-21-5-3-4-6-23(21)25)24-15-19(7-8-22(20)24)18-9-12-26-13-10-18/h3-10,12-13,15-16,27H,11,14,17H2,1-2H3. The van der Waals surface area contributed by atoms with E-state index in [1.165, 1.54) is 20.2 Å². The summed E-state index contributed by atoms with van der Waals surface area (Å²) in [5.41, 5.74) is 4.64. The molecule has 4 rings (SSSR count). The van der Waals surface area contributed by atoms with Crippen LogP contribution in [0.1, 0.15) is 11.1 Å². The van der Waals surface area contributed by atoms with Gasteiger partial charge in [0.2, 0.25) is 0 Å². The van der Waals surface area contributed by atoms with Crippen molar-refractivity contribution >= 4 is 21.1 Å². The fourth-order valence-corrected chi connectivity index (χ4v) is 4.29. The molecular weight excluding hydrogens is 427 g/mol. The van der Waals surface area contributed by atoms with Crippen molar-refractivity contribution in [2.24, 2.45) is 0 Å². The van der Waals surface area contributed by atoms with Crippen LogP contribution in [0, 0.1) is 5.82 Å². The summed E-state index contributed by atoms with van der Waals surface area (Å²) in [6.45, 7) is 0.651. The van der Waals surface area contributed by atoms with Crippen LogP contribution in [0.25, 0.3) is 22.0 Å². The first kappa shape index (κ1) is 22.1. The highest BCUT2D eigenvalue weighted by Crippen LogP contribution is 2.29. The number of hydrogen-bond acceptors (Lipinski definition) is 3. The maximum Gasteiger partial charge on any atom is 0.278 e. The predicted molar refractivity (Wildman–Crippen MR) is 125 cm³/mol. The average molecular weight is 453 g/mol. The SMILES string of the molecule is CN(C)S(=O)(=O)NCCc1cn(Cc2ccccc2F)c2cc(-c3ccncc3)ccc12. The minimum atomic E-state index is -3.49. The van der Waals surface area contributed by atoms with E-state index >= 15 is 0 Å². The number of halogens is 1. The van der Waals surface area contributed by atoms with Crippen molar-refractivity contribution in [1.82, 2.24) is 18.6 Å². The van der Waals surface area contributed by atoms with Crippen molar-refractivity contribution in [2.45, 2.75) is 13.0 Å². The van der Waals surface area contributed by atoms with Gasteiger partial charge in [-0.25, -0.2) is 9.11 Å². The monoisotopic (exact) mass is 452 g/mol. The summed E-state index contributed by atoms with van der Waals surface area (Å²) in [4.78, 5) is 4.08. The quantitative estimate of drug-likeness (QED) is 0.442. The highest BCUT2D eigenvalue weighted by atomic mass is 32.2. The van der Waals surface area contributed by atoms with Gasteiger partial charge in [0.25, 0.3) is 10.2 Å². The zero-order valence-corrected chi connectivity index (χ0v) is 18.8. The maximum absolute atomic E-state index is 14.3. The first-order chi connectivity index (χ1) is 15.3. The molecule has 8 heteroatoms. The highest BCUT2D eigenvalue weighted by Gasteiger charge is 2.15. The molecule has 32 heavy (non-hydrogen) atoms. The summed E-state index contributed by atoms with van der Waals surface area (Å²) < 4.78 is 44.2. The van der Waals surface area contributed by atoms with Gasteiger partial charge in [0.1, 0.15) is 5.82 Å². The molecule has 0 aliphatic carbocycles. The predicted octanol–water partition coefficient (Wildman–Crippen LogP) is 3.83. The van der Waals surface area contributed by atoms with Crippen LogP contribution in [0.2, 0.25) is 0 Å². The average Bonchev–Trinajstić information content (AvgIpc) is 3.12. The van der Waals surface area contributed by atoms with Crippen LogP contribution < -0.4 is 4.72 Å². The molecule has 4 aromatic rings. The van der Waals surface area contributed by atoms with Crippen molar-refractivity contribution in [1.29, 1.82) is 0 Å². The van der Waals surface area contributed by atoms with Crippen LogP contribution in [-0.4, -0.2) is 42.9 Å². The van der Waals surface area contributed by atoms with Crippen molar-refractivity contribution < 1.29 is 12.8 Å². The largest absolute Gasteiger partial charge is 0.343 e. The fraction of sp³-hybridized carbons (Fsp3) is 0.208. The van der Waals surface area contributed by atoms with E-state index in [4.69, 9.17) is 0 Å². The fourth-order valence-electron chi connectivity index (χ4n) is 3.68. The van der Waals surface area contributed by atoms with Crippen molar-refractivity contribution in [3.63, 3.8) is 0 Å². The van der Waals surface area contributed by atoms with E-state index in [2.05, 4.69) is 15.8 Å². The lowest BCUT2D eigenvalue weighted by molar-refractivity contribution is 0.506. The van der Waals surface area contributed by atoms with Crippen molar-refractivity contribution in [3.05, 3.63) is 90.1 Å². The van der Waals surface area contributed by atoms with Gasteiger partial charge in [0.15, 0.2) is 0 Å². The zero-order chi connectivity index (χ0) is 22.7. The van der Waals surface area contributed by atoms with Gasteiger partial charge >= 0.3 is 0 Å². The summed E-state index contributed by atoms with van der Waals surface area (Å²) in [6.07, 6.45) is 6.00. The molecule has 0 saturated carbocycles. The lowest BCUT2D eigenvalue weighted by Gasteiger charge is -2.11. The molecule has 0 atom stereocenters. The van der Waals surface area contributed by atoms with Crippen LogP contribution in [0.3, 0.4) is 0 Å². The lowest BCUT2D eigenvalue weighted by atomic mass is 10.0. The van der Waals surface area contributed by atoms with Gasteiger partial charge in [-0.15, -0.1) is 0 Å². The van der Waals surface area contributed by atoms with Gasteiger partial charge in [-0.1, -0.05) is 30.3 Å². The van der Waals surface area contributed by atoms with E-state index in [1.54, 1.807) is 24.5 Å². The molecule has 0 radical (unpaired) electrons. The maximum atomic E-state index is 14.3. The Morgan fingerprint density at radius 2 is 1.75 bits per heavy atom. The van der Waals surface area contributed by atoms with Gasteiger partial charge in [-0.2, -0.15) is 12.7 Å². The molecule has 6 nitrogen and oxygen atoms in total. The summed E-state index contributed by atoms with van der Waals surface area (Å²) in [5.74, 6) is -0.250. The summed E-state index contributed by atoms with van der Waals surface area (Å²) in [7, 11) is -0.512. The number of aromatic nitrogens is 2. The van der Waals surface area contributed by atoms with Gasteiger partial charge in [0.05, 0.1) is 6.54 Å². The van der Waals surface area contributed by atoms with E-state index in [0.717, 1.165) is 31.9 Å². The third kappa shape index (κ3) is 4.72. The van der Waals surface area contributed by atoms with Gasteiger partial charge < -0.3 is 4.57 Å². The number of nitrogens with zero attached hydrogens (tertiary/aromatic N) is 3. The molecule has 2 heterocycles. The van der Waals surface area contributed by atoms with Crippen LogP contribution in [-0.2, 0) is 23.2 Å². The Kier molecular flexibility index (Phi) is 6.36. The minimum Gasteiger partial charge on any atom is -0.343 e. The van der Waals surface area contributed by atoms with E-state index < -0.39 is 10.2 Å².